The monoisotopic (exact) mass is 318 g/mol. The topological polar surface area (TPSA) is 105 Å². The van der Waals surface area contributed by atoms with Crippen LogP contribution in [0.25, 0.3) is 0 Å². The van der Waals surface area contributed by atoms with Gasteiger partial charge in [0.2, 0.25) is 5.66 Å². The number of likely N-dealkylation sites (N-methyl/N-ethyl adjacent to an activating group) is 1. The molecule has 0 aliphatic rings. The van der Waals surface area contributed by atoms with Crippen LogP contribution in [-0.4, -0.2) is 52.1 Å². The number of nitrogens with zero attached hydrogens (tertiary/aromatic N) is 1. The SMILES string of the molecule is CN(C(=O)OC(C)(C)C)[C@](C)(NC(=O)OC(C)(C)C)C(=O)O. The molecule has 0 aromatic rings. The number of rotatable bonds is 3. The maximum absolute atomic E-state index is 12.0. The third-order valence-corrected chi connectivity index (χ3v) is 2.50. The number of alkyl carbamates (subject to hydrolysis) is 1. The third kappa shape index (κ3) is 6.19. The van der Waals surface area contributed by atoms with Crippen LogP contribution in [-0.2, 0) is 14.3 Å². The third-order valence-electron chi connectivity index (χ3n) is 2.50. The molecule has 0 aliphatic carbocycles. The zero-order chi connectivity index (χ0) is 17.9. The van der Waals surface area contributed by atoms with Crippen molar-refractivity contribution in [3.05, 3.63) is 0 Å². The minimum Gasteiger partial charge on any atom is -0.478 e. The van der Waals surface area contributed by atoms with Crippen molar-refractivity contribution in [1.82, 2.24) is 10.2 Å². The van der Waals surface area contributed by atoms with E-state index in [1.54, 1.807) is 41.5 Å². The molecule has 22 heavy (non-hydrogen) atoms. The Balaban J connectivity index is 5.22. The molecular formula is C14H26N2O6. The van der Waals surface area contributed by atoms with Gasteiger partial charge in [-0.2, -0.15) is 0 Å². The maximum atomic E-state index is 12.0. The van der Waals surface area contributed by atoms with Crippen molar-refractivity contribution in [2.24, 2.45) is 0 Å². The van der Waals surface area contributed by atoms with E-state index >= 15 is 0 Å². The summed E-state index contributed by atoms with van der Waals surface area (Å²) >= 11 is 0. The number of nitrogens with one attached hydrogen (secondary N) is 1. The molecule has 0 bridgehead atoms. The highest BCUT2D eigenvalue weighted by atomic mass is 16.6. The first-order valence-electron chi connectivity index (χ1n) is 6.80. The molecule has 0 saturated heterocycles. The number of carbonyl (C=O) groups excluding carboxylic acids is 2. The average Bonchev–Trinajstić information content (AvgIpc) is 2.22. The molecule has 0 spiro atoms. The van der Waals surface area contributed by atoms with Gasteiger partial charge in [-0.05, 0) is 48.5 Å². The number of hydrogen-bond donors (Lipinski definition) is 2. The number of carboxylic acids is 1. The molecule has 2 N–H and O–H groups in total. The van der Waals surface area contributed by atoms with Crippen molar-refractivity contribution in [1.29, 1.82) is 0 Å². The van der Waals surface area contributed by atoms with E-state index in [-0.39, 0.29) is 0 Å². The second-order valence-corrected chi connectivity index (χ2v) is 7.04. The maximum Gasteiger partial charge on any atom is 0.412 e. The molecule has 1 atom stereocenters. The normalized spacial score (nSPS) is 14.5. The van der Waals surface area contributed by atoms with Gasteiger partial charge in [0.1, 0.15) is 11.2 Å². The Kier molecular flexibility index (Phi) is 5.83. The molecule has 0 heterocycles. The highest BCUT2D eigenvalue weighted by molar-refractivity contribution is 5.87. The second kappa shape index (κ2) is 6.41. The second-order valence-electron chi connectivity index (χ2n) is 7.04. The number of aliphatic carboxylic acids is 1. The van der Waals surface area contributed by atoms with E-state index in [1.807, 2.05) is 0 Å². The zero-order valence-corrected chi connectivity index (χ0v) is 14.4. The van der Waals surface area contributed by atoms with Gasteiger partial charge in [-0.15, -0.1) is 0 Å². The first-order chi connectivity index (χ1) is 9.58. The van der Waals surface area contributed by atoms with E-state index in [4.69, 9.17) is 9.47 Å². The van der Waals surface area contributed by atoms with Gasteiger partial charge in [0.05, 0.1) is 0 Å². The van der Waals surface area contributed by atoms with Crippen LogP contribution in [0.2, 0.25) is 0 Å². The Hall–Kier alpha value is -1.99. The highest BCUT2D eigenvalue weighted by Gasteiger charge is 2.44. The molecule has 0 rings (SSSR count). The fourth-order valence-electron chi connectivity index (χ4n) is 1.30. The van der Waals surface area contributed by atoms with E-state index in [0.717, 1.165) is 4.90 Å². The number of amides is 2. The smallest absolute Gasteiger partial charge is 0.412 e. The summed E-state index contributed by atoms with van der Waals surface area (Å²) in [4.78, 5) is 36.2. The van der Waals surface area contributed by atoms with Gasteiger partial charge >= 0.3 is 18.2 Å². The van der Waals surface area contributed by atoms with Crippen molar-refractivity contribution >= 4 is 18.2 Å². The van der Waals surface area contributed by atoms with Gasteiger partial charge in [0.15, 0.2) is 0 Å². The molecule has 0 aromatic heterocycles. The molecule has 128 valence electrons. The van der Waals surface area contributed by atoms with E-state index in [2.05, 4.69) is 5.32 Å². The van der Waals surface area contributed by atoms with Crippen LogP contribution in [0, 0.1) is 0 Å². The van der Waals surface area contributed by atoms with E-state index < -0.39 is 35.0 Å². The highest BCUT2D eigenvalue weighted by Crippen LogP contribution is 2.17. The Morgan fingerprint density at radius 2 is 1.32 bits per heavy atom. The van der Waals surface area contributed by atoms with Gasteiger partial charge in [-0.25, -0.2) is 14.4 Å². The number of hydrogen-bond acceptors (Lipinski definition) is 5. The van der Waals surface area contributed by atoms with Crippen molar-refractivity contribution in [2.45, 2.75) is 65.3 Å². The van der Waals surface area contributed by atoms with Crippen LogP contribution in [0.1, 0.15) is 48.5 Å². The average molecular weight is 318 g/mol. The first kappa shape index (κ1) is 20.0. The number of ether oxygens (including phenoxy) is 2. The number of carbonyl (C=O) groups is 3. The molecule has 2 amide bonds. The summed E-state index contributed by atoms with van der Waals surface area (Å²) in [5.74, 6) is -1.42. The number of carboxylic acid groups (broad SMARTS) is 1. The predicted octanol–water partition coefficient (Wildman–Crippen LogP) is 2.18. The van der Waals surface area contributed by atoms with Gasteiger partial charge in [0.25, 0.3) is 0 Å². The Morgan fingerprint density at radius 1 is 0.909 bits per heavy atom. The molecule has 0 fully saturated rings. The van der Waals surface area contributed by atoms with E-state index in [0.29, 0.717) is 0 Å². The first-order valence-corrected chi connectivity index (χ1v) is 6.80. The summed E-state index contributed by atoms with van der Waals surface area (Å²) in [6, 6.07) is 0. The predicted molar refractivity (Wildman–Crippen MR) is 79.4 cm³/mol. The molecule has 0 aromatic carbocycles. The Morgan fingerprint density at radius 3 is 1.64 bits per heavy atom. The largest absolute Gasteiger partial charge is 0.478 e. The van der Waals surface area contributed by atoms with Gasteiger partial charge in [-0.1, -0.05) is 0 Å². The summed E-state index contributed by atoms with van der Waals surface area (Å²) in [5.41, 5.74) is -3.60. The van der Waals surface area contributed by atoms with Gasteiger partial charge in [0, 0.05) is 7.05 Å². The lowest BCUT2D eigenvalue weighted by atomic mass is 10.1. The van der Waals surface area contributed by atoms with Crippen LogP contribution >= 0.6 is 0 Å². The quantitative estimate of drug-likeness (QED) is 0.773. The lowest BCUT2D eigenvalue weighted by Gasteiger charge is -2.36. The minimum absolute atomic E-state index is 0.795. The summed E-state index contributed by atoms with van der Waals surface area (Å²) < 4.78 is 10.1. The lowest BCUT2D eigenvalue weighted by Crippen LogP contribution is -2.64. The van der Waals surface area contributed by atoms with Gasteiger partial charge < -0.3 is 14.6 Å². The van der Waals surface area contributed by atoms with Crippen molar-refractivity contribution < 1.29 is 29.0 Å². The lowest BCUT2D eigenvalue weighted by molar-refractivity contribution is -0.151. The standard InChI is InChI=1S/C14H26N2O6/c1-12(2,3)21-10(19)15-14(7,9(17)18)16(8)11(20)22-13(4,5)6/h1-8H3,(H,15,19)(H,17,18)/t14-/m0/s1. The minimum atomic E-state index is -2.01. The molecule has 0 unspecified atom stereocenters. The Bertz CT molecular complexity index is 449. The molecule has 8 nitrogen and oxygen atoms in total. The molecule has 0 aliphatic heterocycles. The summed E-state index contributed by atoms with van der Waals surface area (Å²) in [6.45, 7) is 11.0. The summed E-state index contributed by atoms with van der Waals surface area (Å²) in [5, 5.41) is 11.6. The summed E-state index contributed by atoms with van der Waals surface area (Å²) in [6.07, 6.45) is -1.83. The van der Waals surface area contributed by atoms with Crippen molar-refractivity contribution in [3.63, 3.8) is 0 Å². The molecular weight excluding hydrogens is 292 g/mol. The van der Waals surface area contributed by atoms with E-state index in [1.165, 1.54) is 14.0 Å². The van der Waals surface area contributed by atoms with Crippen LogP contribution in [0.15, 0.2) is 0 Å². The zero-order valence-electron chi connectivity index (χ0n) is 14.4. The molecule has 0 radical (unpaired) electrons. The van der Waals surface area contributed by atoms with Crippen LogP contribution in [0.4, 0.5) is 9.59 Å². The molecule has 8 heteroatoms. The van der Waals surface area contributed by atoms with Crippen molar-refractivity contribution in [3.8, 4) is 0 Å². The Labute approximate surface area is 130 Å². The van der Waals surface area contributed by atoms with E-state index in [9.17, 15) is 19.5 Å². The van der Waals surface area contributed by atoms with Crippen LogP contribution < -0.4 is 5.32 Å². The fourth-order valence-corrected chi connectivity index (χ4v) is 1.30. The van der Waals surface area contributed by atoms with Crippen LogP contribution in [0.3, 0.4) is 0 Å². The fraction of sp³-hybridized carbons (Fsp3) is 0.786. The van der Waals surface area contributed by atoms with Crippen molar-refractivity contribution in [2.75, 3.05) is 7.05 Å². The summed E-state index contributed by atoms with van der Waals surface area (Å²) in [7, 11) is 1.22. The van der Waals surface area contributed by atoms with Gasteiger partial charge in [-0.3, -0.25) is 10.2 Å². The van der Waals surface area contributed by atoms with Crippen LogP contribution in [0.5, 0.6) is 0 Å². The molecule has 0 saturated carbocycles.